The average molecular weight is 391 g/mol. The zero-order chi connectivity index (χ0) is 20.6. The van der Waals surface area contributed by atoms with E-state index in [-0.39, 0.29) is 11.9 Å². The van der Waals surface area contributed by atoms with E-state index in [1.54, 1.807) is 26.4 Å². The van der Waals surface area contributed by atoms with Crippen LogP contribution in [0.3, 0.4) is 0 Å². The number of hydrogen-bond acceptors (Lipinski definition) is 4. The number of carbonyl (C=O) groups is 1. The Bertz CT molecular complexity index is 956. The summed E-state index contributed by atoms with van der Waals surface area (Å²) in [6.45, 7) is 2.38. The summed E-state index contributed by atoms with van der Waals surface area (Å²) in [7, 11) is 3.18. The molecule has 1 N–H and O–H groups in total. The third-order valence-corrected chi connectivity index (χ3v) is 4.60. The molecule has 0 fully saturated rings. The van der Waals surface area contributed by atoms with Crippen LogP contribution in [0.2, 0.25) is 0 Å². The SMILES string of the molecule is COc1ccc([C@H](C)NC(=O)c2cccc(OCc3ccccc3)c2)cc1OC. The Morgan fingerprint density at radius 3 is 2.38 bits per heavy atom. The molecule has 0 aromatic heterocycles. The van der Waals surface area contributed by atoms with Gasteiger partial charge in [0.15, 0.2) is 11.5 Å². The Balaban J connectivity index is 1.66. The van der Waals surface area contributed by atoms with Crippen molar-refractivity contribution in [1.29, 1.82) is 0 Å². The van der Waals surface area contributed by atoms with Crippen LogP contribution in [-0.2, 0) is 6.61 Å². The molecule has 0 unspecified atom stereocenters. The average Bonchev–Trinajstić information content (AvgIpc) is 2.78. The highest BCUT2D eigenvalue weighted by atomic mass is 16.5. The zero-order valence-electron chi connectivity index (χ0n) is 16.8. The van der Waals surface area contributed by atoms with Crippen LogP contribution in [-0.4, -0.2) is 20.1 Å². The topological polar surface area (TPSA) is 56.8 Å². The largest absolute Gasteiger partial charge is 0.493 e. The standard InChI is InChI=1S/C24H25NO4/c1-17(19-12-13-22(27-2)23(15-19)28-3)25-24(26)20-10-7-11-21(14-20)29-16-18-8-5-4-6-9-18/h4-15,17H,16H2,1-3H3,(H,25,26)/t17-/m0/s1. The van der Waals surface area contributed by atoms with Crippen LogP contribution in [0.25, 0.3) is 0 Å². The van der Waals surface area contributed by atoms with Crippen molar-refractivity contribution < 1.29 is 19.0 Å². The van der Waals surface area contributed by atoms with Gasteiger partial charge in [-0.05, 0) is 48.4 Å². The summed E-state index contributed by atoms with van der Waals surface area (Å²) in [5.41, 5.74) is 2.54. The van der Waals surface area contributed by atoms with Gasteiger partial charge in [0.25, 0.3) is 5.91 Å². The van der Waals surface area contributed by atoms with E-state index in [1.165, 1.54) is 0 Å². The van der Waals surface area contributed by atoms with Crippen LogP contribution in [0.5, 0.6) is 17.2 Å². The molecule has 0 aliphatic heterocycles. The maximum Gasteiger partial charge on any atom is 0.251 e. The van der Waals surface area contributed by atoms with Gasteiger partial charge >= 0.3 is 0 Å². The summed E-state index contributed by atoms with van der Waals surface area (Å²) in [6.07, 6.45) is 0. The summed E-state index contributed by atoms with van der Waals surface area (Å²) in [4.78, 5) is 12.7. The molecule has 3 rings (SSSR count). The second kappa shape index (κ2) is 9.64. The number of methoxy groups -OCH3 is 2. The van der Waals surface area contributed by atoms with E-state index in [9.17, 15) is 4.79 Å². The van der Waals surface area contributed by atoms with E-state index in [2.05, 4.69) is 5.32 Å². The molecule has 0 spiro atoms. The second-order valence-corrected chi connectivity index (χ2v) is 6.61. The molecule has 5 heteroatoms. The Morgan fingerprint density at radius 2 is 1.66 bits per heavy atom. The first kappa shape index (κ1) is 20.3. The van der Waals surface area contributed by atoms with E-state index in [0.717, 1.165) is 11.1 Å². The Labute approximate surface area is 171 Å². The van der Waals surface area contributed by atoms with Crippen LogP contribution in [0, 0.1) is 0 Å². The first-order valence-corrected chi connectivity index (χ1v) is 9.40. The predicted molar refractivity (Wildman–Crippen MR) is 113 cm³/mol. The van der Waals surface area contributed by atoms with E-state index in [4.69, 9.17) is 14.2 Å². The third kappa shape index (κ3) is 5.29. The first-order valence-electron chi connectivity index (χ1n) is 9.40. The van der Waals surface area contributed by atoms with Gasteiger partial charge in [-0.15, -0.1) is 0 Å². The highest BCUT2D eigenvalue weighted by molar-refractivity contribution is 5.94. The molecule has 0 aliphatic carbocycles. The van der Waals surface area contributed by atoms with Gasteiger partial charge in [0.2, 0.25) is 0 Å². The lowest BCUT2D eigenvalue weighted by atomic mass is 10.1. The lowest BCUT2D eigenvalue weighted by Crippen LogP contribution is -2.26. The summed E-state index contributed by atoms with van der Waals surface area (Å²) in [5.74, 6) is 1.76. The van der Waals surface area contributed by atoms with Crippen molar-refractivity contribution in [1.82, 2.24) is 5.32 Å². The van der Waals surface area contributed by atoms with Crippen molar-refractivity contribution in [2.45, 2.75) is 19.6 Å². The minimum Gasteiger partial charge on any atom is -0.493 e. The van der Waals surface area contributed by atoms with Crippen molar-refractivity contribution >= 4 is 5.91 Å². The number of rotatable bonds is 8. The highest BCUT2D eigenvalue weighted by Crippen LogP contribution is 2.30. The number of hydrogen-bond donors (Lipinski definition) is 1. The molecule has 0 radical (unpaired) electrons. The lowest BCUT2D eigenvalue weighted by molar-refractivity contribution is 0.0939. The van der Waals surface area contributed by atoms with E-state index in [1.807, 2.05) is 67.6 Å². The molecule has 0 aliphatic rings. The monoisotopic (exact) mass is 391 g/mol. The number of carbonyl (C=O) groups excluding carboxylic acids is 1. The fourth-order valence-electron chi connectivity index (χ4n) is 2.95. The van der Waals surface area contributed by atoms with Gasteiger partial charge in [-0.2, -0.15) is 0 Å². The van der Waals surface area contributed by atoms with Crippen LogP contribution in [0.15, 0.2) is 72.8 Å². The maximum atomic E-state index is 12.7. The molecule has 0 saturated heterocycles. The summed E-state index contributed by atoms with van der Waals surface area (Å²) < 4.78 is 16.4. The minimum atomic E-state index is -0.198. The predicted octanol–water partition coefficient (Wildman–Crippen LogP) is 4.77. The lowest BCUT2D eigenvalue weighted by Gasteiger charge is -2.17. The Morgan fingerprint density at radius 1 is 0.897 bits per heavy atom. The Hall–Kier alpha value is -3.47. The third-order valence-electron chi connectivity index (χ3n) is 4.60. The van der Waals surface area contributed by atoms with Crippen molar-refractivity contribution in [3.8, 4) is 17.2 Å². The van der Waals surface area contributed by atoms with E-state index in [0.29, 0.717) is 29.4 Å². The van der Waals surface area contributed by atoms with Crippen LogP contribution in [0.1, 0.15) is 34.5 Å². The molecular weight excluding hydrogens is 366 g/mol. The molecule has 0 saturated carbocycles. The molecule has 150 valence electrons. The number of nitrogens with one attached hydrogen (secondary N) is 1. The van der Waals surface area contributed by atoms with Crippen LogP contribution >= 0.6 is 0 Å². The van der Waals surface area contributed by atoms with Crippen LogP contribution < -0.4 is 19.5 Å². The molecule has 5 nitrogen and oxygen atoms in total. The number of amides is 1. The van der Waals surface area contributed by atoms with Gasteiger partial charge in [-0.1, -0.05) is 42.5 Å². The molecular formula is C24H25NO4. The molecule has 3 aromatic rings. The van der Waals surface area contributed by atoms with Gasteiger partial charge in [0, 0.05) is 5.56 Å². The van der Waals surface area contributed by atoms with Crippen molar-refractivity contribution in [3.63, 3.8) is 0 Å². The summed E-state index contributed by atoms with van der Waals surface area (Å²) >= 11 is 0. The van der Waals surface area contributed by atoms with E-state index >= 15 is 0 Å². The van der Waals surface area contributed by atoms with E-state index < -0.39 is 0 Å². The molecule has 1 atom stereocenters. The molecule has 0 heterocycles. The van der Waals surface area contributed by atoms with Gasteiger partial charge < -0.3 is 19.5 Å². The fraction of sp³-hybridized carbons (Fsp3) is 0.208. The van der Waals surface area contributed by atoms with Crippen molar-refractivity contribution in [2.75, 3.05) is 14.2 Å². The molecule has 3 aromatic carbocycles. The quantitative estimate of drug-likeness (QED) is 0.601. The highest BCUT2D eigenvalue weighted by Gasteiger charge is 2.14. The Kier molecular flexibility index (Phi) is 6.74. The maximum absolute atomic E-state index is 12.7. The number of benzene rings is 3. The second-order valence-electron chi connectivity index (χ2n) is 6.61. The number of ether oxygens (including phenoxy) is 3. The first-order chi connectivity index (χ1) is 14.1. The smallest absolute Gasteiger partial charge is 0.251 e. The van der Waals surface area contributed by atoms with Crippen LogP contribution in [0.4, 0.5) is 0 Å². The minimum absolute atomic E-state index is 0.169. The van der Waals surface area contributed by atoms with Gasteiger partial charge in [-0.3, -0.25) is 4.79 Å². The van der Waals surface area contributed by atoms with Gasteiger partial charge in [0.1, 0.15) is 12.4 Å². The van der Waals surface area contributed by atoms with Gasteiger partial charge in [-0.25, -0.2) is 0 Å². The van der Waals surface area contributed by atoms with Crippen molar-refractivity contribution in [2.24, 2.45) is 0 Å². The zero-order valence-corrected chi connectivity index (χ0v) is 16.8. The fourth-order valence-corrected chi connectivity index (χ4v) is 2.95. The molecule has 0 bridgehead atoms. The van der Waals surface area contributed by atoms with Gasteiger partial charge in [0.05, 0.1) is 20.3 Å². The molecule has 29 heavy (non-hydrogen) atoms. The summed E-state index contributed by atoms with van der Waals surface area (Å²) in [6, 6.07) is 22.5. The normalized spacial score (nSPS) is 11.4. The molecule has 1 amide bonds. The summed E-state index contributed by atoms with van der Waals surface area (Å²) in [5, 5.41) is 3.01. The van der Waals surface area contributed by atoms with Crippen molar-refractivity contribution in [3.05, 3.63) is 89.5 Å².